The van der Waals surface area contributed by atoms with E-state index in [9.17, 15) is 4.39 Å². The van der Waals surface area contributed by atoms with E-state index in [2.05, 4.69) is 0 Å². The monoisotopic (exact) mass is 213 g/mol. The molecule has 2 rings (SSSR count). The van der Waals surface area contributed by atoms with Gasteiger partial charge in [0.05, 0.1) is 11.7 Å². The zero-order valence-corrected chi connectivity index (χ0v) is 8.18. The van der Waals surface area contributed by atoms with Crippen LogP contribution in [-0.4, -0.2) is 6.10 Å². The zero-order valence-electron chi connectivity index (χ0n) is 7.37. The third kappa shape index (κ3) is 2.15. The maximum atomic E-state index is 13.1. The van der Waals surface area contributed by atoms with Crippen molar-refractivity contribution < 1.29 is 9.13 Å². The van der Waals surface area contributed by atoms with E-state index in [0.29, 0.717) is 0 Å². The van der Waals surface area contributed by atoms with E-state index in [-0.39, 0.29) is 29.8 Å². The van der Waals surface area contributed by atoms with Crippen LogP contribution in [0.25, 0.3) is 0 Å². The fraction of sp³-hybridized carbons (Fsp3) is 0.300. The second-order valence-corrected chi connectivity index (χ2v) is 3.05. The van der Waals surface area contributed by atoms with Crippen molar-refractivity contribution in [2.24, 2.45) is 0 Å². The summed E-state index contributed by atoms with van der Waals surface area (Å²) in [5.41, 5.74) is 0.270. The van der Waals surface area contributed by atoms with Crippen molar-refractivity contribution in [3.8, 4) is 11.8 Å². The van der Waals surface area contributed by atoms with Gasteiger partial charge < -0.3 is 4.74 Å². The van der Waals surface area contributed by atoms with E-state index in [4.69, 9.17) is 10.00 Å². The van der Waals surface area contributed by atoms with Gasteiger partial charge >= 0.3 is 0 Å². The summed E-state index contributed by atoms with van der Waals surface area (Å²) >= 11 is 0. The Balaban J connectivity index is 0.000000980. The average molecular weight is 214 g/mol. The van der Waals surface area contributed by atoms with Gasteiger partial charge in [-0.2, -0.15) is 5.26 Å². The van der Waals surface area contributed by atoms with Gasteiger partial charge in [0.15, 0.2) is 11.6 Å². The van der Waals surface area contributed by atoms with Crippen LogP contribution in [0, 0.1) is 17.1 Å². The molecule has 0 radical (unpaired) electrons. The summed E-state index contributed by atoms with van der Waals surface area (Å²) in [6.45, 7) is 0. The van der Waals surface area contributed by atoms with Crippen LogP contribution in [0.15, 0.2) is 18.2 Å². The third-order valence-corrected chi connectivity index (χ3v) is 1.90. The molecule has 1 fully saturated rings. The summed E-state index contributed by atoms with van der Waals surface area (Å²) in [5.74, 6) is -0.349. The Kier molecular flexibility index (Phi) is 3.32. The molecular formula is C10H9ClFNO. The Morgan fingerprint density at radius 2 is 2.14 bits per heavy atom. The molecule has 0 saturated heterocycles. The molecule has 74 valence electrons. The Morgan fingerprint density at radius 3 is 2.71 bits per heavy atom. The molecule has 14 heavy (non-hydrogen) atoms. The summed E-state index contributed by atoms with van der Waals surface area (Å²) in [4.78, 5) is 0. The molecule has 4 heteroatoms. The van der Waals surface area contributed by atoms with Gasteiger partial charge in [0.1, 0.15) is 6.07 Å². The van der Waals surface area contributed by atoms with Gasteiger partial charge in [0, 0.05) is 0 Å². The standard InChI is InChI=1S/C10H8FNO.ClH/c11-9-3-1-2-7(6-12)10(9)13-8-4-5-8;/h1-3,8H,4-5H2;1H. The maximum absolute atomic E-state index is 13.1. The summed E-state index contributed by atoms with van der Waals surface area (Å²) < 4.78 is 18.4. The SMILES string of the molecule is Cl.N#Cc1cccc(F)c1OC1CC1. The van der Waals surface area contributed by atoms with Crippen molar-refractivity contribution in [3.05, 3.63) is 29.6 Å². The number of benzene rings is 1. The number of para-hydroxylation sites is 1. The highest BCUT2D eigenvalue weighted by molar-refractivity contribution is 5.85. The van der Waals surface area contributed by atoms with Gasteiger partial charge in [0.2, 0.25) is 0 Å². The van der Waals surface area contributed by atoms with E-state index >= 15 is 0 Å². The molecule has 0 N–H and O–H groups in total. The highest BCUT2D eigenvalue weighted by Crippen LogP contribution is 2.30. The minimum absolute atomic E-state index is 0. The molecular weight excluding hydrogens is 205 g/mol. The van der Waals surface area contributed by atoms with Crippen LogP contribution in [0.3, 0.4) is 0 Å². The minimum Gasteiger partial charge on any atom is -0.486 e. The van der Waals surface area contributed by atoms with Crippen molar-refractivity contribution in [2.75, 3.05) is 0 Å². The molecule has 1 aliphatic carbocycles. The molecule has 0 aliphatic heterocycles. The van der Waals surface area contributed by atoms with Crippen molar-refractivity contribution in [2.45, 2.75) is 18.9 Å². The van der Waals surface area contributed by atoms with Crippen LogP contribution in [-0.2, 0) is 0 Å². The predicted molar refractivity (Wildman–Crippen MR) is 52.0 cm³/mol. The maximum Gasteiger partial charge on any atom is 0.173 e. The molecule has 0 unspecified atom stereocenters. The molecule has 2 nitrogen and oxygen atoms in total. The number of halogens is 2. The number of rotatable bonds is 2. The average Bonchev–Trinajstić information content (AvgIpc) is 2.92. The van der Waals surface area contributed by atoms with Gasteiger partial charge in [-0.1, -0.05) is 6.07 Å². The lowest BCUT2D eigenvalue weighted by atomic mass is 10.2. The fourth-order valence-electron chi connectivity index (χ4n) is 1.07. The number of ether oxygens (including phenoxy) is 1. The lowest BCUT2D eigenvalue weighted by molar-refractivity contribution is 0.286. The van der Waals surface area contributed by atoms with E-state index < -0.39 is 5.82 Å². The van der Waals surface area contributed by atoms with Gasteiger partial charge in [0.25, 0.3) is 0 Å². The van der Waals surface area contributed by atoms with E-state index in [1.165, 1.54) is 12.1 Å². The van der Waals surface area contributed by atoms with E-state index in [1.807, 2.05) is 6.07 Å². The topological polar surface area (TPSA) is 33.0 Å². The van der Waals surface area contributed by atoms with Crippen LogP contribution >= 0.6 is 12.4 Å². The summed E-state index contributed by atoms with van der Waals surface area (Å²) in [5, 5.41) is 8.68. The van der Waals surface area contributed by atoms with Gasteiger partial charge in [-0.25, -0.2) is 4.39 Å². The lowest BCUT2D eigenvalue weighted by Gasteiger charge is -2.06. The number of hydrogen-bond acceptors (Lipinski definition) is 2. The van der Waals surface area contributed by atoms with Crippen molar-refractivity contribution in [3.63, 3.8) is 0 Å². The third-order valence-electron chi connectivity index (χ3n) is 1.90. The summed E-state index contributed by atoms with van der Waals surface area (Å²) in [6, 6.07) is 6.27. The van der Waals surface area contributed by atoms with E-state index in [0.717, 1.165) is 12.8 Å². The smallest absolute Gasteiger partial charge is 0.173 e. The van der Waals surface area contributed by atoms with Gasteiger partial charge in [-0.3, -0.25) is 0 Å². The Hall–Kier alpha value is -1.27. The van der Waals surface area contributed by atoms with Gasteiger partial charge in [-0.05, 0) is 25.0 Å². The molecule has 0 atom stereocenters. The van der Waals surface area contributed by atoms with E-state index in [1.54, 1.807) is 6.07 Å². The van der Waals surface area contributed by atoms with Gasteiger partial charge in [-0.15, -0.1) is 12.4 Å². The zero-order chi connectivity index (χ0) is 9.26. The number of nitriles is 1. The Bertz CT molecular complexity index is 371. The molecule has 0 bridgehead atoms. The lowest BCUT2D eigenvalue weighted by Crippen LogP contribution is -2.00. The van der Waals surface area contributed by atoms with Crippen LogP contribution < -0.4 is 4.74 Å². The molecule has 0 aromatic heterocycles. The van der Waals surface area contributed by atoms with Crippen LogP contribution in [0.5, 0.6) is 5.75 Å². The highest BCUT2D eigenvalue weighted by Gasteiger charge is 2.26. The van der Waals surface area contributed by atoms with Crippen molar-refractivity contribution in [1.82, 2.24) is 0 Å². The molecule has 1 saturated carbocycles. The molecule has 0 heterocycles. The molecule has 1 aromatic rings. The largest absolute Gasteiger partial charge is 0.486 e. The van der Waals surface area contributed by atoms with Crippen molar-refractivity contribution >= 4 is 12.4 Å². The Morgan fingerprint density at radius 1 is 1.43 bits per heavy atom. The van der Waals surface area contributed by atoms with Crippen LogP contribution in [0.4, 0.5) is 4.39 Å². The van der Waals surface area contributed by atoms with Crippen LogP contribution in [0.2, 0.25) is 0 Å². The van der Waals surface area contributed by atoms with Crippen molar-refractivity contribution in [1.29, 1.82) is 5.26 Å². The molecule has 1 aromatic carbocycles. The molecule has 0 spiro atoms. The first-order valence-electron chi connectivity index (χ1n) is 4.16. The minimum atomic E-state index is -0.453. The second kappa shape index (κ2) is 4.30. The first-order chi connectivity index (χ1) is 6.31. The Labute approximate surface area is 87.7 Å². The summed E-state index contributed by atoms with van der Waals surface area (Å²) in [6.07, 6.45) is 2.03. The first kappa shape index (κ1) is 10.8. The fourth-order valence-corrected chi connectivity index (χ4v) is 1.07. The molecule has 1 aliphatic rings. The summed E-state index contributed by atoms with van der Waals surface area (Å²) in [7, 11) is 0. The second-order valence-electron chi connectivity index (χ2n) is 3.05. The normalized spacial score (nSPS) is 14.0. The quantitative estimate of drug-likeness (QED) is 0.757. The number of nitrogens with zero attached hydrogens (tertiary/aromatic N) is 1. The number of hydrogen-bond donors (Lipinski definition) is 0. The molecule has 0 amide bonds. The highest BCUT2D eigenvalue weighted by atomic mass is 35.5. The first-order valence-corrected chi connectivity index (χ1v) is 4.16. The van der Waals surface area contributed by atoms with Crippen LogP contribution in [0.1, 0.15) is 18.4 Å². The predicted octanol–water partition coefficient (Wildman–Crippen LogP) is 2.66.